The second-order valence-corrected chi connectivity index (χ2v) is 5.41. The minimum absolute atomic E-state index is 0.105. The molecule has 0 saturated heterocycles. The molecular formula is C19H14N4O3. The maximum atomic E-state index is 12.5. The highest BCUT2D eigenvalue weighted by atomic mass is 16.5. The van der Waals surface area contributed by atoms with E-state index in [0.717, 1.165) is 5.56 Å². The van der Waals surface area contributed by atoms with Crippen LogP contribution in [0.15, 0.2) is 77.5 Å². The van der Waals surface area contributed by atoms with Gasteiger partial charge in [-0.2, -0.15) is 5.10 Å². The van der Waals surface area contributed by atoms with Gasteiger partial charge in [-0.05, 0) is 30.3 Å². The molecule has 0 saturated carbocycles. The van der Waals surface area contributed by atoms with Gasteiger partial charge in [-0.1, -0.05) is 30.3 Å². The summed E-state index contributed by atoms with van der Waals surface area (Å²) in [5.74, 6) is 0.123. The molecule has 128 valence electrons. The van der Waals surface area contributed by atoms with E-state index in [9.17, 15) is 4.79 Å². The highest BCUT2D eigenvalue weighted by molar-refractivity contribution is 5.93. The van der Waals surface area contributed by atoms with Crippen LogP contribution in [0, 0.1) is 0 Å². The summed E-state index contributed by atoms with van der Waals surface area (Å²) in [6.07, 6.45) is 3.40. The van der Waals surface area contributed by atoms with E-state index in [0.29, 0.717) is 17.1 Å². The van der Waals surface area contributed by atoms with Crippen LogP contribution in [-0.2, 0) is 11.3 Å². The van der Waals surface area contributed by atoms with Crippen molar-refractivity contribution >= 4 is 5.97 Å². The number of hydrogen-bond acceptors (Lipinski definition) is 6. The molecule has 4 rings (SSSR count). The summed E-state index contributed by atoms with van der Waals surface area (Å²) in [6.45, 7) is -0.105. The van der Waals surface area contributed by atoms with Crippen LogP contribution in [-0.4, -0.2) is 25.9 Å². The van der Waals surface area contributed by atoms with Gasteiger partial charge in [-0.15, -0.1) is 10.2 Å². The molecule has 0 aliphatic rings. The molecule has 7 nitrogen and oxygen atoms in total. The Kier molecular flexibility index (Phi) is 4.26. The normalized spacial score (nSPS) is 10.6. The molecule has 2 heterocycles. The molecule has 0 aliphatic carbocycles. The van der Waals surface area contributed by atoms with E-state index >= 15 is 0 Å². The van der Waals surface area contributed by atoms with E-state index in [-0.39, 0.29) is 12.5 Å². The molecule has 2 aromatic heterocycles. The molecule has 0 bridgehead atoms. The van der Waals surface area contributed by atoms with Crippen LogP contribution >= 0.6 is 0 Å². The maximum absolute atomic E-state index is 12.5. The van der Waals surface area contributed by atoms with E-state index in [4.69, 9.17) is 9.15 Å². The van der Waals surface area contributed by atoms with Gasteiger partial charge in [-0.25, -0.2) is 9.48 Å². The molecular weight excluding hydrogens is 332 g/mol. The standard InChI is InChI=1S/C19H14N4O3/c24-19(15-9-4-5-10-16(15)23-12-6-11-20-23)25-13-17-21-22-18(26-17)14-7-2-1-3-8-14/h1-12H,13H2. The minimum atomic E-state index is -0.490. The fraction of sp³-hybridized carbons (Fsp3) is 0.0526. The van der Waals surface area contributed by atoms with Crippen LogP contribution in [0.25, 0.3) is 17.1 Å². The van der Waals surface area contributed by atoms with Crippen LogP contribution < -0.4 is 0 Å². The second-order valence-electron chi connectivity index (χ2n) is 5.41. The molecule has 0 aliphatic heterocycles. The molecule has 0 N–H and O–H groups in total. The van der Waals surface area contributed by atoms with Crippen LogP contribution in [0.3, 0.4) is 0 Å². The lowest BCUT2D eigenvalue weighted by molar-refractivity contribution is 0.0438. The van der Waals surface area contributed by atoms with Crippen molar-refractivity contribution < 1.29 is 13.9 Å². The third kappa shape index (κ3) is 3.23. The van der Waals surface area contributed by atoms with Crippen molar-refractivity contribution in [3.8, 4) is 17.1 Å². The highest BCUT2D eigenvalue weighted by Gasteiger charge is 2.16. The Morgan fingerprint density at radius 1 is 1.00 bits per heavy atom. The summed E-state index contributed by atoms with van der Waals surface area (Å²) in [6, 6.07) is 18.3. The summed E-state index contributed by atoms with van der Waals surface area (Å²) in [5, 5.41) is 12.0. The number of carbonyl (C=O) groups is 1. The van der Waals surface area contributed by atoms with Gasteiger partial charge in [-0.3, -0.25) is 0 Å². The molecule has 0 radical (unpaired) electrons. The monoisotopic (exact) mass is 346 g/mol. The van der Waals surface area contributed by atoms with Crippen LogP contribution in [0.1, 0.15) is 16.2 Å². The molecule has 26 heavy (non-hydrogen) atoms. The Labute approximate surface area is 148 Å². The molecule has 0 atom stereocenters. The fourth-order valence-corrected chi connectivity index (χ4v) is 2.47. The lowest BCUT2D eigenvalue weighted by atomic mass is 10.2. The van der Waals surface area contributed by atoms with Crippen molar-refractivity contribution in [2.75, 3.05) is 0 Å². The van der Waals surface area contributed by atoms with Crippen LogP contribution in [0.4, 0.5) is 0 Å². The first-order chi connectivity index (χ1) is 12.8. The largest absolute Gasteiger partial charge is 0.452 e. The third-order valence-corrected chi connectivity index (χ3v) is 3.69. The van der Waals surface area contributed by atoms with Crippen molar-refractivity contribution in [3.63, 3.8) is 0 Å². The number of esters is 1. The van der Waals surface area contributed by atoms with E-state index in [1.165, 1.54) is 0 Å². The van der Waals surface area contributed by atoms with Crippen LogP contribution in [0.5, 0.6) is 0 Å². The summed E-state index contributed by atoms with van der Waals surface area (Å²) in [4.78, 5) is 12.5. The molecule has 7 heteroatoms. The van der Waals surface area contributed by atoms with Gasteiger partial charge in [0.05, 0.1) is 11.3 Å². The highest BCUT2D eigenvalue weighted by Crippen LogP contribution is 2.18. The first kappa shape index (κ1) is 15.8. The zero-order chi connectivity index (χ0) is 17.8. The summed E-state index contributed by atoms with van der Waals surface area (Å²) < 4.78 is 12.5. The van der Waals surface area contributed by atoms with Gasteiger partial charge < -0.3 is 9.15 Å². The Morgan fingerprint density at radius 3 is 2.62 bits per heavy atom. The smallest absolute Gasteiger partial charge is 0.340 e. The topological polar surface area (TPSA) is 83.0 Å². The Morgan fingerprint density at radius 2 is 1.81 bits per heavy atom. The van der Waals surface area contributed by atoms with E-state index in [2.05, 4.69) is 15.3 Å². The van der Waals surface area contributed by atoms with Crippen molar-refractivity contribution in [1.82, 2.24) is 20.0 Å². The molecule has 0 fully saturated rings. The molecule has 2 aromatic carbocycles. The van der Waals surface area contributed by atoms with Gasteiger partial charge in [0, 0.05) is 18.0 Å². The Bertz CT molecular complexity index is 1010. The average Bonchev–Trinajstić information content (AvgIpc) is 3.39. The van der Waals surface area contributed by atoms with Gasteiger partial charge in [0.2, 0.25) is 5.89 Å². The number of nitrogens with zero attached hydrogens (tertiary/aromatic N) is 4. The number of rotatable bonds is 5. The zero-order valence-corrected chi connectivity index (χ0v) is 13.6. The number of benzene rings is 2. The SMILES string of the molecule is O=C(OCc1nnc(-c2ccccc2)o1)c1ccccc1-n1cccn1. The van der Waals surface area contributed by atoms with Gasteiger partial charge in [0.1, 0.15) is 0 Å². The third-order valence-electron chi connectivity index (χ3n) is 3.69. The number of aromatic nitrogens is 4. The van der Waals surface area contributed by atoms with Gasteiger partial charge in [0.15, 0.2) is 6.61 Å². The molecule has 0 unspecified atom stereocenters. The van der Waals surface area contributed by atoms with Crippen molar-refractivity contribution in [2.45, 2.75) is 6.61 Å². The summed E-state index contributed by atoms with van der Waals surface area (Å²) in [5.41, 5.74) is 1.85. The number of carbonyl (C=O) groups excluding carboxylic acids is 1. The number of hydrogen-bond donors (Lipinski definition) is 0. The number of para-hydroxylation sites is 1. The zero-order valence-electron chi connectivity index (χ0n) is 13.6. The minimum Gasteiger partial charge on any atom is -0.452 e. The first-order valence-corrected chi connectivity index (χ1v) is 7.95. The van der Waals surface area contributed by atoms with E-state index < -0.39 is 5.97 Å². The van der Waals surface area contributed by atoms with Crippen molar-refractivity contribution in [3.05, 3.63) is 84.5 Å². The lowest BCUT2D eigenvalue weighted by Crippen LogP contribution is -2.10. The van der Waals surface area contributed by atoms with Gasteiger partial charge in [0.25, 0.3) is 5.89 Å². The quantitative estimate of drug-likeness (QED) is 0.516. The molecule has 0 amide bonds. The Hall–Kier alpha value is -3.74. The van der Waals surface area contributed by atoms with Crippen molar-refractivity contribution in [2.24, 2.45) is 0 Å². The fourth-order valence-electron chi connectivity index (χ4n) is 2.47. The summed E-state index contributed by atoms with van der Waals surface area (Å²) in [7, 11) is 0. The average molecular weight is 346 g/mol. The van der Waals surface area contributed by atoms with E-state index in [1.54, 1.807) is 41.3 Å². The maximum Gasteiger partial charge on any atom is 0.340 e. The first-order valence-electron chi connectivity index (χ1n) is 7.95. The second kappa shape index (κ2) is 7.02. The predicted molar refractivity (Wildman–Crippen MR) is 92.4 cm³/mol. The molecule has 0 spiro atoms. The Balaban J connectivity index is 1.48. The van der Waals surface area contributed by atoms with Gasteiger partial charge >= 0.3 is 5.97 Å². The predicted octanol–water partition coefficient (Wildman–Crippen LogP) is 3.28. The molecule has 4 aromatic rings. The number of ether oxygens (including phenoxy) is 1. The van der Waals surface area contributed by atoms with E-state index in [1.807, 2.05) is 36.4 Å². The van der Waals surface area contributed by atoms with Crippen molar-refractivity contribution in [1.29, 1.82) is 0 Å². The lowest BCUT2D eigenvalue weighted by Gasteiger charge is -2.08. The van der Waals surface area contributed by atoms with Crippen LogP contribution in [0.2, 0.25) is 0 Å². The summed E-state index contributed by atoms with van der Waals surface area (Å²) >= 11 is 0.